The zero-order valence-electron chi connectivity index (χ0n) is 23.3. The number of rotatable bonds is 4. The van der Waals surface area contributed by atoms with Crippen LogP contribution in [0.15, 0.2) is 57.3 Å². The van der Waals surface area contributed by atoms with E-state index in [2.05, 4.69) is 15.0 Å². The number of nitrogens with zero attached hydrogens (tertiary/aromatic N) is 1. The van der Waals surface area contributed by atoms with Crippen molar-refractivity contribution in [2.24, 2.45) is 10.3 Å². The molecule has 1 saturated carbocycles. The summed E-state index contributed by atoms with van der Waals surface area (Å²) in [6.07, 6.45) is 5.56. The van der Waals surface area contributed by atoms with E-state index in [-0.39, 0.29) is 27.8 Å². The van der Waals surface area contributed by atoms with E-state index in [4.69, 9.17) is 4.74 Å². The SMILES string of the molecule is CC(C)(C)OC(=O)Nc1ccc2c(c1)S(O)(O)N=C(C1=C(O)c3ccccc3C(C)(CC3CCCCC3)C1=O)N2. The minimum atomic E-state index is -3.79. The molecule has 0 saturated heterocycles. The summed E-state index contributed by atoms with van der Waals surface area (Å²) in [5.41, 5.74) is 0.244. The second-order valence-corrected chi connectivity index (χ2v) is 13.7. The van der Waals surface area contributed by atoms with Gasteiger partial charge in [-0.2, -0.15) is 0 Å². The molecular formula is C30H37N3O6S. The lowest BCUT2D eigenvalue weighted by molar-refractivity contribution is -0.120. The van der Waals surface area contributed by atoms with Crippen molar-refractivity contribution in [3.8, 4) is 0 Å². The molecule has 0 bridgehead atoms. The van der Waals surface area contributed by atoms with E-state index in [1.54, 1.807) is 39.0 Å². The van der Waals surface area contributed by atoms with Crippen LogP contribution in [0.25, 0.3) is 5.76 Å². The van der Waals surface area contributed by atoms with E-state index in [0.29, 0.717) is 29.3 Å². The molecule has 214 valence electrons. The van der Waals surface area contributed by atoms with Gasteiger partial charge in [0.25, 0.3) is 0 Å². The largest absolute Gasteiger partial charge is 0.506 e. The fourth-order valence-corrected chi connectivity index (χ4v) is 7.18. The van der Waals surface area contributed by atoms with Gasteiger partial charge in [-0.3, -0.25) is 19.2 Å². The van der Waals surface area contributed by atoms with E-state index in [1.807, 2.05) is 25.1 Å². The van der Waals surface area contributed by atoms with Gasteiger partial charge in [0.2, 0.25) is 0 Å². The van der Waals surface area contributed by atoms with Crippen LogP contribution in [0.2, 0.25) is 0 Å². The number of Topliss-reactive ketones (excluding diaryl/α,β-unsaturated/α-hetero) is 1. The van der Waals surface area contributed by atoms with Crippen molar-refractivity contribution in [1.29, 1.82) is 0 Å². The molecule has 0 spiro atoms. The Bertz CT molecular complexity index is 1420. The zero-order chi connectivity index (χ0) is 28.9. The number of carbonyl (C=O) groups excluding carboxylic acids is 2. The third-order valence-corrected chi connectivity index (χ3v) is 9.16. The number of hydrogen-bond donors (Lipinski definition) is 5. The van der Waals surface area contributed by atoms with Crippen LogP contribution >= 0.6 is 10.8 Å². The standard InChI is InChI=1S/C30H37N3O6S/c1-29(2,3)39-28(36)31-19-14-15-22-23(16-19)40(37,38)33-27(32-22)24-25(34)20-12-8-9-13-21(20)30(4,26(24)35)17-18-10-6-5-7-11-18/h8-9,12-16,18,34,37-38H,5-7,10-11,17H2,1-4H3,(H,31,36)(H,32,33). The number of ether oxygens (including phenoxy) is 1. The van der Waals surface area contributed by atoms with E-state index in [0.717, 1.165) is 31.2 Å². The van der Waals surface area contributed by atoms with Crippen molar-refractivity contribution >= 4 is 45.6 Å². The lowest BCUT2D eigenvalue weighted by atomic mass is 9.64. The Labute approximate surface area is 236 Å². The molecular weight excluding hydrogens is 530 g/mol. The minimum absolute atomic E-state index is 0.0542. The van der Waals surface area contributed by atoms with Gasteiger partial charge in [-0.15, -0.1) is 4.40 Å². The third-order valence-electron chi connectivity index (χ3n) is 7.79. The van der Waals surface area contributed by atoms with Crippen LogP contribution in [-0.4, -0.2) is 37.5 Å². The topological polar surface area (TPSA) is 140 Å². The lowest BCUT2D eigenvalue weighted by Crippen LogP contribution is -2.43. The Balaban J connectivity index is 1.50. The summed E-state index contributed by atoms with van der Waals surface area (Å²) >= 11 is 0. The van der Waals surface area contributed by atoms with Crippen molar-refractivity contribution in [2.45, 2.75) is 82.1 Å². The normalized spacial score (nSPS) is 23.4. The van der Waals surface area contributed by atoms with Crippen LogP contribution in [0.3, 0.4) is 0 Å². The molecule has 2 aliphatic carbocycles. The van der Waals surface area contributed by atoms with E-state index in [1.165, 1.54) is 12.5 Å². The van der Waals surface area contributed by atoms with Gasteiger partial charge in [0, 0.05) is 11.3 Å². The second kappa shape index (κ2) is 10.2. The Morgan fingerprint density at radius 3 is 2.55 bits per heavy atom. The lowest BCUT2D eigenvalue weighted by Gasteiger charge is -2.40. The van der Waals surface area contributed by atoms with Crippen LogP contribution in [-0.2, 0) is 14.9 Å². The number of benzene rings is 2. The monoisotopic (exact) mass is 567 g/mol. The van der Waals surface area contributed by atoms with Gasteiger partial charge in [0.05, 0.1) is 11.1 Å². The van der Waals surface area contributed by atoms with Crippen LogP contribution in [0, 0.1) is 5.92 Å². The van der Waals surface area contributed by atoms with Crippen LogP contribution in [0.5, 0.6) is 0 Å². The first kappa shape index (κ1) is 28.2. The summed E-state index contributed by atoms with van der Waals surface area (Å²) in [6, 6.07) is 11.9. The Morgan fingerprint density at radius 2 is 1.85 bits per heavy atom. The smallest absolute Gasteiger partial charge is 0.412 e. The number of fused-ring (bicyclic) bond motifs is 2. The number of ketones is 1. The molecule has 10 heteroatoms. The summed E-state index contributed by atoms with van der Waals surface area (Å²) in [5, 5.41) is 17.0. The van der Waals surface area contributed by atoms with Crippen LogP contribution in [0.1, 0.15) is 77.3 Å². The number of amidine groups is 1. The Kier molecular flexibility index (Phi) is 7.22. The van der Waals surface area contributed by atoms with Gasteiger partial charge in [0.1, 0.15) is 21.8 Å². The second-order valence-electron chi connectivity index (χ2n) is 12.1. The van der Waals surface area contributed by atoms with E-state index < -0.39 is 27.9 Å². The molecule has 0 aromatic heterocycles. The number of hydrogen-bond acceptors (Lipinski definition) is 8. The summed E-state index contributed by atoms with van der Waals surface area (Å²) < 4.78 is 31.6. The molecule has 2 aromatic carbocycles. The molecule has 1 fully saturated rings. The first-order valence-electron chi connectivity index (χ1n) is 13.7. The molecule has 1 aliphatic heterocycles. The molecule has 1 unspecified atom stereocenters. The van der Waals surface area contributed by atoms with Crippen molar-refractivity contribution in [3.05, 3.63) is 59.2 Å². The number of aliphatic hydroxyl groups is 1. The summed E-state index contributed by atoms with van der Waals surface area (Å²) in [6.45, 7) is 7.14. The number of nitrogens with one attached hydrogen (secondary N) is 2. The number of amides is 1. The minimum Gasteiger partial charge on any atom is -0.506 e. The maximum absolute atomic E-state index is 14.3. The van der Waals surface area contributed by atoms with Crippen molar-refractivity contribution in [2.75, 3.05) is 10.6 Å². The number of aliphatic hydroxyl groups excluding tert-OH is 1. The quantitative estimate of drug-likeness (QED) is 0.255. The van der Waals surface area contributed by atoms with Crippen molar-refractivity contribution in [1.82, 2.24) is 0 Å². The molecule has 5 rings (SSSR count). The van der Waals surface area contributed by atoms with Gasteiger partial charge in [-0.05, 0) is 63.8 Å². The molecule has 5 N–H and O–H groups in total. The Hall–Kier alpha value is -3.34. The highest BCUT2D eigenvalue weighted by atomic mass is 32.3. The van der Waals surface area contributed by atoms with Crippen molar-refractivity contribution < 1.29 is 28.5 Å². The summed E-state index contributed by atoms with van der Waals surface area (Å²) in [4.78, 5) is 26.5. The fourth-order valence-electron chi connectivity index (χ4n) is 5.99. The van der Waals surface area contributed by atoms with E-state index >= 15 is 0 Å². The summed E-state index contributed by atoms with van der Waals surface area (Å²) in [5.74, 6) is -0.250. The molecule has 1 amide bonds. The number of carbonyl (C=O) groups is 2. The van der Waals surface area contributed by atoms with Crippen LogP contribution in [0.4, 0.5) is 16.2 Å². The number of anilines is 2. The average molecular weight is 568 g/mol. The third kappa shape index (κ3) is 5.35. The Morgan fingerprint density at radius 1 is 1.15 bits per heavy atom. The maximum Gasteiger partial charge on any atom is 0.412 e. The molecule has 9 nitrogen and oxygen atoms in total. The van der Waals surface area contributed by atoms with Gasteiger partial charge in [0.15, 0.2) is 11.6 Å². The first-order valence-corrected chi connectivity index (χ1v) is 15.2. The molecule has 40 heavy (non-hydrogen) atoms. The predicted octanol–water partition coefficient (Wildman–Crippen LogP) is 7.66. The molecule has 3 aliphatic rings. The summed E-state index contributed by atoms with van der Waals surface area (Å²) in [7, 11) is -3.79. The van der Waals surface area contributed by atoms with Crippen molar-refractivity contribution in [3.63, 3.8) is 0 Å². The highest BCUT2D eigenvalue weighted by molar-refractivity contribution is 8.23. The maximum atomic E-state index is 14.3. The molecule has 0 radical (unpaired) electrons. The van der Waals surface area contributed by atoms with Gasteiger partial charge < -0.3 is 15.2 Å². The van der Waals surface area contributed by atoms with Gasteiger partial charge in [-0.25, -0.2) is 4.79 Å². The van der Waals surface area contributed by atoms with Gasteiger partial charge in [-0.1, -0.05) is 67.1 Å². The molecule has 2 aromatic rings. The molecule has 1 heterocycles. The van der Waals surface area contributed by atoms with Crippen LogP contribution < -0.4 is 10.6 Å². The molecule has 1 atom stereocenters. The highest BCUT2D eigenvalue weighted by Crippen LogP contribution is 2.57. The van der Waals surface area contributed by atoms with Gasteiger partial charge >= 0.3 is 6.09 Å². The fraction of sp³-hybridized carbons (Fsp3) is 0.433. The van der Waals surface area contributed by atoms with E-state index in [9.17, 15) is 23.8 Å². The first-order chi connectivity index (χ1) is 18.8. The predicted molar refractivity (Wildman–Crippen MR) is 158 cm³/mol. The average Bonchev–Trinajstić information content (AvgIpc) is 2.87. The zero-order valence-corrected chi connectivity index (χ0v) is 24.1. The highest BCUT2D eigenvalue weighted by Gasteiger charge is 2.47.